The van der Waals surface area contributed by atoms with Crippen molar-refractivity contribution in [2.75, 3.05) is 5.32 Å². The van der Waals surface area contributed by atoms with Crippen LogP contribution in [0.3, 0.4) is 0 Å². The van der Waals surface area contributed by atoms with E-state index >= 15 is 4.39 Å². The fourth-order valence-electron chi connectivity index (χ4n) is 5.22. The molecule has 0 unspecified atom stereocenters. The van der Waals surface area contributed by atoms with Gasteiger partial charge < -0.3 is 10.6 Å². The van der Waals surface area contributed by atoms with Crippen molar-refractivity contribution >= 4 is 17.6 Å². The van der Waals surface area contributed by atoms with Crippen molar-refractivity contribution in [2.45, 2.75) is 71.9 Å². The molecule has 3 aromatic heterocycles. The zero-order valence-corrected chi connectivity index (χ0v) is 21.6. The Morgan fingerprint density at radius 1 is 1.19 bits per heavy atom. The highest BCUT2D eigenvalue weighted by atomic mass is 19.1. The summed E-state index contributed by atoms with van der Waals surface area (Å²) in [5, 5.41) is 20.7. The number of hydrogen-bond acceptors (Lipinski definition) is 6. The van der Waals surface area contributed by atoms with Crippen molar-refractivity contribution in [3.63, 3.8) is 0 Å². The standard InChI is InChI=1S/C26H33FN8O2/c1-5-18-21(14(4)32-33-18)17-10-11-20(29-24(17)27)30-26(37)23(22(15-6-7-15)16-8-9-16)31-25(36)19-12-28-34-35(19)13(2)3/h10-13,15-16,22-23H,5-9H2,1-4H3,(H,31,36)(H,32,33)(H,29,30,37)/t23-/m0/s1. The summed E-state index contributed by atoms with van der Waals surface area (Å²) < 4.78 is 16.7. The summed E-state index contributed by atoms with van der Waals surface area (Å²) >= 11 is 0. The molecule has 0 radical (unpaired) electrons. The highest BCUT2D eigenvalue weighted by molar-refractivity contribution is 6.00. The van der Waals surface area contributed by atoms with Crippen LogP contribution in [0.25, 0.3) is 11.1 Å². The van der Waals surface area contributed by atoms with Crippen LogP contribution in [0.1, 0.15) is 74.4 Å². The van der Waals surface area contributed by atoms with Crippen molar-refractivity contribution in [1.82, 2.24) is 35.5 Å². The van der Waals surface area contributed by atoms with Crippen molar-refractivity contribution < 1.29 is 14.0 Å². The first-order valence-electron chi connectivity index (χ1n) is 13.0. The average molecular weight is 509 g/mol. The van der Waals surface area contributed by atoms with Gasteiger partial charge in [-0.15, -0.1) is 5.10 Å². The molecule has 0 aliphatic heterocycles. The first-order chi connectivity index (χ1) is 17.8. The molecule has 2 fully saturated rings. The SMILES string of the molecule is CCc1n[nH]c(C)c1-c1ccc(NC(=O)[C@@H](NC(=O)c2cnnn2C(C)C)C(C2CC2)C2CC2)nc1F. The molecule has 0 aromatic carbocycles. The number of carbonyl (C=O) groups excluding carboxylic acids is 2. The monoisotopic (exact) mass is 508 g/mol. The summed E-state index contributed by atoms with van der Waals surface area (Å²) in [6, 6.07) is 2.36. The molecule has 2 saturated carbocycles. The van der Waals surface area contributed by atoms with Gasteiger partial charge in [0.2, 0.25) is 11.9 Å². The van der Waals surface area contributed by atoms with E-state index < -0.39 is 23.8 Å². The number of aromatic nitrogens is 6. The van der Waals surface area contributed by atoms with Crippen molar-refractivity contribution in [2.24, 2.45) is 17.8 Å². The van der Waals surface area contributed by atoms with E-state index in [4.69, 9.17) is 0 Å². The van der Waals surface area contributed by atoms with E-state index in [1.165, 1.54) is 10.9 Å². The molecule has 3 heterocycles. The van der Waals surface area contributed by atoms with Crippen LogP contribution < -0.4 is 10.6 Å². The molecule has 10 nitrogen and oxygen atoms in total. The number of H-pyrrole nitrogens is 1. The Morgan fingerprint density at radius 2 is 1.89 bits per heavy atom. The Kier molecular flexibility index (Phi) is 6.78. The number of anilines is 1. The Balaban J connectivity index is 1.39. The quantitative estimate of drug-likeness (QED) is 0.357. The zero-order valence-electron chi connectivity index (χ0n) is 21.6. The Labute approximate surface area is 214 Å². The summed E-state index contributed by atoms with van der Waals surface area (Å²) in [5.74, 6) is -0.580. The number of nitrogens with zero attached hydrogens (tertiary/aromatic N) is 5. The predicted molar refractivity (Wildman–Crippen MR) is 135 cm³/mol. The van der Waals surface area contributed by atoms with Gasteiger partial charge in [0.15, 0.2) is 0 Å². The number of nitrogens with one attached hydrogen (secondary N) is 3. The summed E-state index contributed by atoms with van der Waals surface area (Å²) in [7, 11) is 0. The van der Waals surface area contributed by atoms with Gasteiger partial charge in [-0.3, -0.25) is 14.7 Å². The lowest BCUT2D eigenvalue weighted by atomic mass is 9.88. The summed E-state index contributed by atoms with van der Waals surface area (Å²) in [6.45, 7) is 7.60. The summed E-state index contributed by atoms with van der Waals surface area (Å²) in [4.78, 5) is 30.9. The first kappa shape index (κ1) is 25.0. The molecule has 2 aliphatic rings. The number of carbonyl (C=O) groups is 2. The van der Waals surface area contributed by atoms with Gasteiger partial charge in [-0.25, -0.2) is 9.67 Å². The van der Waals surface area contributed by atoms with Crippen molar-refractivity contribution in [3.05, 3.63) is 41.4 Å². The van der Waals surface area contributed by atoms with Crippen LogP contribution in [-0.2, 0) is 11.2 Å². The fraction of sp³-hybridized carbons (Fsp3) is 0.538. The lowest BCUT2D eigenvalue weighted by Gasteiger charge is -2.27. The van der Waals surface area contributed by atoms with E-state index in [2.05, 4.69) is 36.1 Å². The molecular weight excluding hydrogens is 475 g/mol. The number of halogens is 1. The highest BCUT2D eigenvalue weighted by Crippen LogP contribution is 2.51. The van der Waals surface area contributed by atoms with Gasteiger partial charge in [0.25, 0.3) is 5.91 Å². The maximum absolute atomic E-state index is 15.1. The third kappa shape index (κ3) is 5.12. The smallest absolute Gasteiger partial charge is 0.271 e. The van der Waals surface area contributed by atoms with Crippen LogP contribution in [0.4, 0.5) is 10.2 Å². The Bertz CT molecular complexity index is 1300. The minimum Gasteiger partial charge on any atom is -0.339 e. The minimum absolute atomic E-state index is 0.0251. The predicted octanol–water partition coefficient (Wildman–Crippen LogP) is 3.83. The maximum Gasteiger partial charge on any atom is 0.271 e. The van der Waals surface area contributed by atoms with E-state index in [9.17, 15) is 9.59 Å². The number of aryl methyl sites for hydroxylation is 2. The normalized spacial score (nSPS) is 16.3. The van der Waals surface area contributed by atoms with Gasteiger partial charge in [0, 0.05) is 22.9 Å². The summed E-state index contributed by atoms with van der Waals surface area (Å²) in [6.07, 6.45) is 6.21. The molecule has 0 spiro atoms. The van der Waals surface area contributed by atoms with Crippen LogP contribution in [0.2, 0.25) is 0 Å². The second-order valence-corrected chi connectivity index (χ2v) is 10.4. The fourth-order valence-corrected chi connectivity index (χ4v) is 5.22. The number of hydrogen-bond donors (Lipinski definition) is 3. The topological polar surface area (TPSA) is 130 Å². The Hall–Kier alpha value is -3.63. The number of rotatable bonds is 10. The molecule has 1 atom stereocenters. The van der Waals surface area contributed by atoms with Crippen molar-refractivity contribution in [3.8, 4) is 11.1 Å². The molecule has 0 bridgehead atoms. The van der Waals surface area contributed by atoms with Crippen LogP contribution in [0.15, 0.2) is 18.3 Å². The van der Waals surface area contributed by atoms with E-state index in [-0.39, 0.29) is 17.8 Å². The van der Waals surface area contributed by atoms with Gasteiger partial charge in [0.1, 0.15) is 17.6 Å². The second-order valence-electron chi connectivity index (χ2n) is 10.4. The van der Waals surface area contributed by atoms with E-state index in [0.717, 1.165) is 37.1 Å². The van der Waals surface area contributed by atoms with Gasteiger partial charge >= 0.3 is 0 Å². The van der Waals surface area contributed by atoms with E-state index in [0.29, 0.717) is 35.1 Å². The largest absolute Gasteiger partial charge is 0.339 e. The van der Waals surface area contributed by atoms with Crippen LogP contribution in [-0.4, -0.2) is 48.0 Å². The number of pyridine rings is 1. The van der Waals surface area contributed by atoms with Gasteiger partial charge in [0.05, 0.1) is 11.9 Å². The molecule has 3 N–H and O–H groups in total. The summed E-state index contributed by atoms with van der Waals surface area (Å²) in [5.41, 5.74) is 2.82. The molecule has 2 aliphatic carbocycles. The Morgan fingerprint density at radius 3 is 2.49 bits per heavy atom. The molecule has 3 aromatic rings. The van der Waals surface area contributed by atoms with Gasteiger partial charge in [-0.1, -0.05) is 12.1 Å². The first-order valence-corrected chi connectivity index (χ1v) is 13.0. The third-order valence-electron chi connectivity index (χ3n) is 7.31. The molecule has 0 saturated heterocycles. The molecule has 5 rings (SSSR count). The average Bonchev–Trinajstić information content (AvgIpc) is 3.79. The van der Waals surface area contributed by atoms with E-state index in [1.54, 1.807) is 12.1 Å². The van der Waals surface area contributed by atoms with Gasteiger partial charge in [-0.05, 0) is 82.8 Å². The minimum atomic E-state index is -0.768. The van der Waals surface area contributed by atoms with Crippen molar-refractivity contribution in [1.29, 1.82) is 0 Å². The lowest BCUT2D eigenvalue weighted by molar-refractivity contribution is -0.119. The highest BCUT2D eigenvalue weighted by Gasteiger charge is 2.48. The zero-order chi connectivity index (χ0) is 26.3. The molecule has 37 heavy (non-hydrogen) atoms. The molecule has 196 valence electrons. The van der Waals surface area contributed by atoms with Crippen LogP contribution in [0, 0.1) is 30.6 Å². The van der Waals surface area contributed by atoms with Crippen LogP contribution in [0.5, 0.6) is 0 Å². The maximum atomic E-state index is 15.1. The molecule has 11 heteroatoms. The number of amides is 2. The third-order valence-corrected chi connectivity index (χ3v) is 7.31. The van der Waals surface area contributed by atoms with E-state index in [1.807, 2.05) is 27.7 Å². The second kappa shape index (κ2) is 10.0. The van der Waals surface area contributed by atoms with Crippen LogP contribution >= 0.6 is 0 Å². The van der Waals surface area contributed by atoms with Gasteiger partial charge in [-0.2, -0.15) is 9.49 Å². The molecular formula is C26H33FN8O2. The molecule has 2 amide bonds. The lowest BCUT2D eigenvalue weighted by Crippen LogP contribution is -2.50. The number of aromatic amines is 1.